The summed E-state index contributed by atoms with van der Waals surface area (Å²) in [6.07, 6.45) is -5.75. The zero-order chi connectivity index (χ0) is 34.4. The summed E-state index contributed by atoms with van der Waals surface area (Å²) in [7, 11) is 0. The molecule has 2 aromatic carbocycles. The monoisotopic (exact) mass is 652 g/mol. The van der Waals surface area contributed by atoms with Crippen LogP contribution in [0.1, 0.15) is 75.1 Å². The number of fused-ring (bicyclic) bond motifs is 1. The van der Waals surface area contributed by atoms with E-state index in [1.54, 1.807) is 74.5 Å². The van der Waals surface area contributed by atoms with Crippen LogP contribution in [-0.2, 0) is 42.8 Å². The second kappa shape index (κ2) is 12.4. The van der Waals surface area contributed by atoms with Crippen molar-refractivity contribution >= 4 is 29.8 Å². The Balaban J connectivity index is 1.79. The number of ether oxygens (including phenoxy) is 6. The molecule has 47 heavy (non-hydrogen) atoms. The third-order valence-corrected chi connectivity index (χ3v) is 9.69. The highest BCUT2D eigenvalue weighted by molar-refractivity contribution is 5.90. The molecule has 5 rings (SSSR count). The average Bonchev–Trinajstić information content (AvgIpc) is 3.17. The fourth-order valence-electron chi connectivity index (χ4n) is 7.97. The molecule has 0 radical (unpaired) electrons. The minimum absolute atomic E-state index is 0.0397. The molecule has 8 atom stereocenters. The summed E-state index contributed by atoms with van der Waals surface area (Å²) in [4.78, 5) is 65.2. The summed E-state index contributed by atoms with van der Waals surface area (Å²) < 4.78 is 36.7. The van der Waals surface area contributed by atoms with Gasteiger partial charge in [-0.3, -0.25) is 14.4 Å². The summed E-state index contributed by atoms with van der Waals surface area (Å²) in [6, 6.07) is 16.4. The Morgan fingerprint density at radius 1 is 0.745 bits per heavy atom. The fraction of sp³-hybridized carbons (Fsp3) is 0.514. The van der Waals surface area contributed by atoms with Gasteiger partial charge in [0, 0.05) is 33.1 Å². The molecule has 2 aromatic rings. The first-order valence-corrected chi connectivity index (χ1v) is 15.5. The predicted octanol–water partition coefficient (Wildman–Crippen LogP) is 3.57. The van der Waals surface area contributed by atoms with Crippen LogP contribution in [0.4, 0.5) is 0 Å². The van der Waals surface area contributed by atoms with Gasteiger partial charge in [-0.05, 0) is 51.5 Å². The maximum absolute atomic E-state index is 13.7. The largest absolute Gasteiger partial charge is 0.465 e. The number of benzene rings is 2. The van der Waals surface area contributed by atoms with Crippen LogP contribution in [0, 0.1) is 11.3 Å². The molecule has 1 heterocycles. The van der Waals surface area contributed by atoms with Crippen LogP contribution < -0.4 is 0 Å². The average molecular weight is 653 g/mol. The Bertz CT molecular complexity index is 1540. The second-order valence-electron chi connectivity index (χ2n) is 13.2. The molecule has 12 nitrogen and oxygen atoms in total. The van der Waals surface area contributed by atoms with E-state index in [0.717, 1.165) is 20.8 Å². The standard InChI is InChI=1S/C35H40O12/c1-20(36)42-19-34-27(45-30(39)23-13-9-7-10-14-23)17-25-28(46-31(40)24-15-11-8-12-16-24)35(34,47-32(25,4)5)33(6,41)18-26(43-21(2)37)29(34)44-22(3)38/h7-16,25-29,41H,17-19H2,1-6H3/t25?,26-,27-,28+,29-,33-,34+,35?/m0/s1. The van der Waals surface area contributed by atoms with Gasteiger partial charge in [-0.2, -0.15) is 0 Å². The lowest BCUT2D eigenvalue weighted by Gasteiger charge is -2.65. The number of hydrogen-bond acceptors (Lipinski definition) is 12. The lowest BCUT2D eigenvalue weighted by molar-refractivity contribution is -0.354. The Kier molecular flexibility index (Phi) is 8.97. The van der Waals surface area contributed by atoms with Crippen LogP contribution in [0.15, 0.2) is 60.7 Å². The van der Waals surface area contributed by atoms with E-state index >= 15 is 0 Å². The first kappa shape index (κ1) is 34.1. The smallest absolute Gasteiger partial charge is 0.338 e. The zero-order valence-electron chi connectivity index (χ0n) is 27.2. The minimum atomic E-state index is -2.05. The molecule has 3 aliphatic rings. The Morgan fingerprint density at radius 2 is 1.28 bits per heavy atom. The molecule has 2 aliphatic carbocycles. The van der Waals surface area contributed by atoms with E-state index in [0.29, 0.717) is 0 Å². The minimum Gasteiger partial charge on any atom is -0.465 e. The SMILES string of the molecule is CC(=O)OC[C@]12[C@@H](OC(=O)c3ccccc3)CC3[C@@H](OC(=O)c4ccccc4)C1(OC3(C)C)[C@@](C)(O)C[C@H](OC(C)=O)[C@@H]2OC(C)=O. The Hall–Kier alpha value is -4.29. The summed E-state index contributed by atoms with van der Waals surface area (Å²) in [5.74, 6) is -4.44. The van der Waals surface area contributed by atoms with Gasteiger partial charge in [-0.1, -0.05) is 36.4 Å². The third-order valence-electron chi connectivity index (χ3n) is 9.69. The van der Waals surface area contributed by atoms with E-state index in [1.807, 2.05) is 0 Å². The van der Waals surface area contributed by atoms with E-state index < -0.39 is 89.0 Å². The van der Waals surface area contributed by atoms with Gasteiger partial charge in [0.2, 0.25) is 0 Å². The van der Waals surface area contributed by atoms with Crippen molar-refractivity contribution < 1.29 is 57.5 Å². The second-order valence-corrected chi connectivity index (χ2v) is 13.2. The van der Waals surface area contributed by atoms with E-state index in [4.69, 9.17) is 28.4 Å². The van der Waals surface area contributed by atoms with Crippen molar-refractivity contribution in [2.45, 2.75) is 95.6 Å². The van der Waals surface area contributed by atoms with Crippen LogP contribution in [0.5, 0.6) is 0 Å². The molecular formula is C35H40O12. The molecule has 12 heteroatoms. The van der Waals surface area contributed by atoms with Gasteiger partial charge in [-0.15, -0.1) is 0 Å². The Morgan fingerprint density at radius 3 is 1.79 bits per heavy atom. The number of hydrogen-bond donors (Lipinski definition) is 1. The highest BCUT2D eigenvalue weighted by Crippen LogP contribution is 2.69. The summed E-state index contributed by atoms with van der Waals surface area (Å²) in [5.41, 5.74) is -6.77. The van der Waals surface area contributed by atoms with Crippen molar-refractivity contribution in [3.63, 3.8) is 0 Å². The van der Waals surface area contributed by atoms with Crippen molar-refractivity contribution in [1.29, 1.82) is 0 Å². The van der Waals surface area contributed by atoms with Crippen molar-refractivity contribution in [1.82, 2.24) is 0 Å². The van der Waals surface area contributed by atoms with E-state index in [-0.39, 0.29) is 24.0 Å². The van der Waals surface area contributed by atoms with Gasteiger partial charge < -0.3 is 33.5 Å². The summed E-state index contributed by atoms with van der Waals surface area (Å²) in [5, 5.41) is 12.6. The highest BCUT2D eigenvalue weighted by atomic mass is 16.6. The maximum atomic E-state index is 13.7. The molecule has 3 fully saturated rings. The molecule has 2 saturated carbocycles. The van der Waals surface area contributed by atoms with Crippen LogP contribution >= 0.6 is 0 Å². The van der Waals surface area contributed by atoms with Crippen molar-refractivity contribution in [2.75, 3.05) is 6.61 Å². The lowest BCUT2D eigenvalue weighted by Crippen LogP contribution is -2.83. The Labute approximate surface area is 272 Å². The molecule has 1 saturated heterocycles. The van der Waals surface area contributed by atoms with Crippen molar-refractivity contribution in [3.05, 3.63) is 71.8 Å². The molecule has 2 unspecified atom stereocenters. The molecule has 1 aliphatic heterocycles. The van der Waals surface area contributed by atoms with Gasteiger partial charge in [0.25, 0.3) is 0 Å². The topological polar surface area (TPSA) is 161 Å². The normalized spacial score (nSPS) is 33.5. The van der Waals surface area contributed by atoms with Crippen molar-refractivity contribution in [3.8, 4) is 0 Å². The fourth-order valence-corrected chi connectivity index (χ4v) is 7.97. The number of carbonyl (C=O) groups is 5. The lowest BCUT2D eigenvalue weighted by atomic mass is 9.46. The summed E-state index contributed by atoms with van der Waals surface area (Å²) in [6.45, 7) is 7.77. The number of carbonyl (C=O) groups excluding carboxylic acids is 5. The molecule has 0 aromatic heterocycles. The number of esters is 5. The van der Waals surface area contributed by atoms with Crippen LogP contribution in [0.25, 0.3) is 0 Å². The highest BCUT2D eigenvalue weighted by Gasteiger charge is 2.86. The van der Waals surface area contributed by atoms with Crippen molar-refractivity contribution in [2.24, 2.45) is 11.3 Å². The van der Waals surface area contributed by atoms with Gasteiger partial charge in [0.15, 0.2) is 11.7 Å². The molecule has 0 amide bonds. The zero-order valence-corrected chi connectivity index (χ0v) is 27.2. The number of aliphatic hydroxyl groups is 1. The van der Waals surface area contributed by atoms with E-state index in [9.17, 15) is 29.1 Å². The molecule has 1 N–H and O–H groups in total. The quantitative estimate of drug-likeness (QED) is 0.327. The first-order chi connectivity index (χ1) is 22.1. The van der Waals surface area contributed by atoms with Crippen LogP contribution in [0.2, 0.25) is 0 Å². The molecule has 2 bridgehead atoms. The van der Waals surface area contributed by atoms with E-state index in [2.05, 4.69) is 0 Å². The molecular weight excluding hydrogens is 612 g/mol. The van der Waals surface area contributed by atoms with E-state index in [1.165, 1.54) is 6.92 Å². The maximum Gasteiger partial charge on any atom is 0.338 e. The van der Waals surface area contributed by atoms with Gasteiger partial charge >= 0.3 is 29.8 Å². The molecule has 252 valence electrons. The van der Waals surface area contributed by atoms with Gasteiger partial charge in [0.1, 0.15) is 30.3 Å². The predicted molar refractivity (Wildman–Crippen MR) is 163 cm³/mol. The van der Waals surface area contributed by atoms with Crippen LogP contribution in [0.3, 0.4) is 0 Å². The van der Waals surface area contributed by atoms with Crippen LogP contribution in [-0.4, -0.2) is 82.8 Å². The number of rotatable bonds is 8. The third kappa shape index (κ3) is 5.78. The first-order valence-electron chi connectivity index (χ1n) is 15.5. The summed E-state index contributed by atoms with van der Waals surface area (Å²) >= 11 is 0. The van der Waals surface area contributed by atoms with Gasteiger partial charge in [-0.25, -0.2) is 9.59 Å². The molecule has 1 spiro atoms. The van der Waals surface area contributed by atoms with Gasteiger partial charge in [0.05, 0.1) is 22.3 Å².